The van der Waals surface area contributed by atoms with Crippen molar-refractivity contribution in [3.63, 3.8) is 0 Å². The van der Waals surface area contributed by atoms with Crippen LogP contribution >= 0.6 is 30.8 Å². The Morgan fingerprint density at radius 1 is 1.32 bits per heavy atom. The maximum Gasteiger partial charge on any atom is 0.246 e. The second-order valence-corrected chi connectivity index (χ2v) is 6.69. The molecule has 0 aliphatic carbocycles. The summed E-state index contributed by atoms with van der Waals surface area (Å²) in [6.07, 6.45) is -1.08. The lowest BCUT2D eigenvalue weighted by Crippen LogP contribution is -2.27. The standard InChI is InChI=1S/C11H14Cl2NO5P.2H3N/c1-14(16)11(15)5-8(6-20(17,18)19)7-2-3-9(12)10(13)4-7;;/h2-4,8,16H,5-6H2,1H3,(H2,17,18,19);2*1H3. The number of benzene rings is 1. The van der Waals surface area contributed by atoms with Crippen LogP contribution in [-0.2, 0) is 9.36 Å². The van der Waals surface area contributed by atoms with Crippen LogP contribution in [0.5, 0.6) is 0 Å². The number of hydrogen-bond donors (Lipinski definition) is 3. The highest BCUT2D eigenvalue weighted by atomic mass is 35.5. The normalized spacial score (nSPS) is 11.9. The molecule has 11 heteroatoms. The zero-order chi connectivity index (χ0) is 15.5. The molecule has 0 aliphatic rings. The molecule has 0 heterocycles. The average Bonchev–Trinajstić information content (AvgIpc) is 2.29. The summed E-state index contributed by atoms with van der Waals surface area (Å²) in [5, 5.41) is 9.82. The van der Waals surface area contributed by atoms with E-state index in [2.05, 4.69) is 0 Å². The molecule has 0 saturated carbocycles. The van der Waals surface area contributed by atoms with Crippen LogP contribution < -0.4 is 22.1 Å². The van der Waals surface area contributed by atoms with E-state index in [0.717, 1.165) is 7.05 Å². The van der Waals surface area contributed by atoms with Gasteiger partial charge in [0.15, 0.2) is 0 Å². The van der Waals surface area contributed by atoms with Gasteiger partial charge in [-0.05, 0) is 29.8 Å². The van der Waals surface area contributed by atoms with Gasteiger partial charge in [-0.3, -0.25) is 10.0 Å². The van der Waals surface area contributed by atoms with Crippen LogP contribution in [0.1, 0.15) is 17.9 Å². The van der Waals surface area contributed by atoms with Gasteiger partial charge >= 0.3 is 0 Å². The first-order chi connectivity index (χ1) is 9.10. The summed E-state index contributed by atoms with van der Waals surface area (Å²) in [6, 6.07) is 4.33. The van der Waals surface area contributed by atoms with Crippen molar-refractivity contribution in [1.82, 2.24) is 17.4 Å². The number of nitrogens with zero attached hydrogens (tertiary/aromatic N) is 1. The van der Waals surface area contributed by atoms with Crippen molar-refractivity contribution in [2.24, 2.45) is 0 Å². The van der Waals surface area contributed by atoms with Gasteiger partial charge in [-0.15, -0.1) is 0 Å². The van der Waals surface area contributed by atoms with Crippen LogP contribution in [-0.4, -0.2) is 29.4 Å². The molecule has 0 saturated heterocycles. The fourth-order valence-electron chi connectivity index (χ4n) is 1.67. The monoisotopic (exact) mass is 375 g/mol. The molecule has 9 N–H and O–H groups in total. The van der Waals surface area contributed by atoms with Gasteiger partial charge in [-0.1, -0.05) is 36.9 Å². The Balaban J connectivity index is 0. The number of rotatable bonds is 5. The average molecular weight is 376 g/mol. The summed E-state index contributed by atoms with van der Waals surface area (Å²) < 4.78 is 10.9. The molecule has 1 atom stereocenters. The van der Waals surface area contributed by atoms with Gasteiger partial charge in [0.25, 0.3) is 0 Å². The smallest absolute Gasteiger partial charge is 0.246 e. The van der Waals surface area contributed by atoms with E-state index in [0.29, 0.717) is 10.6 Å². The molecule has 1 amide bonds. The molecule has 1 rings (SSSR count). The van der Waals surface area contributed by atoms with E-state index in [1.165, 1.54) is 18.2 Å². The number of carbonyl (C=O) groups excluding carboxylic acids is 1. The fourth-order valence-corrected chi connectivity index (χ4v) is 2.85. The predicted octanol–water partition coefficient (Wildman–Crippen LogP) is 1.98. The number of carbonyl (C=O) groups is 1. The van der Waals surface area contributed by atoms with Crippen LogP contribution in [0.25, 0.3) is 0 Å². The van der Waals surface area contributed by atoms with Crippen molar-refractivity contribution in [2.45, 2.75) is 12.3 Å². The van der Waals surface area contributed by atoms with E-state index < -0.39 is 25.6 Å². The predicted molar refractivity (Wildman–Crippen MR) is 82.8 cm³/mol. The van der Waals surface area contributed by atoms with Crippen molar-refractivity contribution in [3.8, 4) is 0 Å². The van der Waals surface area contributed by atoms with E-state index in [1.54, 1.807) is 0 Å². The third-order valence-corrected chi connectivity index (χ3v) is 4.27. The number of quaternary nitrogens is 2. The number of hydroxylamine groups is 2. The Morgan fingerprint density at radius 2 is 1.86 bits per heavy atom. The van der Waals surface area contributed by atoms with Gasteiger partial charge in [-0.25, -0.2) is 5.06 Å². The second-order valence-electron chi connectivity index (χ2n) is 4.29. The highest BCUT2D eigenvalue weighted by Crippen LogP contribution is 2.36. The first kappa shape index (κ1) is 23.6. The summed E-state index contributed by atoms with van der Waals surface area (Å²) in [6.45, 7) is 0. The van der Waals surface area contributed by atoms with E-state index in [1.807, 2.05) is 0 Å². The minimum atomic E-state index is -4.83. The van der Waals surface area contributed by atoms with Crippen LogP contribution in [0.2, 0.25) is 10.0 Å². The molecule has 0 radical (unpaired) electrons. The summed E-state index contributed by atoms with van der Waals surface area (Å²) in [5.74, 6) is -1.61. The Kier molecular flexibility index (Phi) is 10.1. The Bertz CT molecular complexity index is 553. The number of hydrogen-bond acceptors (Lipinski definition) is 5. The van der Waals surface area contributed by atoms with Crippen molar-refractivity contribution in [1.29, 1.82) is 0 Å². The zero-order valence-electron chi connectivity index (χ0n) is 12.5. The first-order valence-corrected chi connectivity index (χ1v) is 8.00. The first-order valence-electron chi connectivity index (χ1n) is 5.51. The molecule has 0 bridgehead atoms. The van der Waals surface area contributed by atoms with E-state index >= 15 is 0 Å². The van der Waals surface area contributed by atoms with Crippen molar-refractivity contribution < 1.29 is 24.4 Å². The molecule has 8 nitrogen and oxygen atoms in total. The third-order valence-electron chi connectivity index (χ3n) is 2.64. The SMILES string of the molecule is CN(O)C(=O)CC(CP(=O)([O-])[O-])c1ccc(Cl)c(Cl)c1.[NH4+].[NH4+]. The maximum atomic E-state index is 11.5. The topological polar surface area (TPSA) is 177 Å². The largest absolute Gasteiger partial charge is 0.811 e. The van der Waals surface area contributed by atoms with E-state index in [9.17, 15) is 19.1 Å². The van der Waals surface area contributed by atoms with E-state index in [-0.39, 0.29) is 28.8 Å². The van der Waals surface area contributed by atoms with Crippen molar-refractivity contribution in [2.75, 3.05) is 13.2 Å². The lowest BCUT2D eigenvalue weighted by molar-refractivity contribution is -0.313. The minimum Gasteiger partial charge on any atom is -0.811 e. The molecule has 22 heavy (non-hydrogen) atoms. The molecule has 1 aromatic rings. The molecule has 1 aromatic carbocycles. The molecule has 0 spiro atoms. The highest BCUT2D eigenvalue weighted by molar-refractivity contribution is 7.48. The molecule has 1 unspecified atom stereocenters. The summed E-state index contributed by atoms with van der Waals surface area (Å²) in [5.41, 5.74) is 0.390. The molecule has 128 valence electrons. The van der Waals surface area contributed by atoms with Gasteiger partial charge in [0.1, 0.15) is 0 Å². The summed E-state index contributed by atoms with van der Waals surface area (Å²) in [4.78, 5) is 33.4. The number of amides is 1. The second kappa shape index (κ2) is 9.44. The van der Waals surface area contributed by atoms with Crippen LogP contribution in [0, 0.1) is 0 Å². The van der Waals surface area contributed by atoms with Gasteiger partial charge in [-0.2, -0.15) is 0 Å². The molecule has 0 aliphatic heterocycles. The summed E-state index contributed by atoms with van der Waals surface area (Å²) >= 11 is 11.6. The Labute approximate surface area is 138 Å². The minimum absolute atomic E-state index is 0. The molecular formula is C11H20Cl2N3O5P. The quantitative estimate of drug-likeness (QED) is 0.403. The van der Waals surface area contributed by atoms with Gasteiger partial charge in [0.2, 0.25) is 5.91 Å². The van der Waals surface area contributed by atoms with E-state index in [4.69, 9.17) is 28.4 Å². The van der Waals surface area contributed by atoms with Crippen LogP contribution in [0.4, 0.5) is 0 Å². The fraction of sp³-hybridized carbons (Fsp3) is 0.364. The highest BCUT2D eigenvalue weighted by Gasteiger charge is 2.20. The molecule has 0 fully saturated rings. The van der Waals surface area contributed by atoms with Gasteiger partial charge in [0.05, 0.1) is 10.0 Å². The third kappa shape index (κ3) is 7.53. The zero-order valence-corrected chi connectivity index (χ0v) is 14.9. The summed E-state index contributed by atoms with van der Waals surface area (Å²) in [7, 11) is -3.72. The van der Waals surface area contributed by atoms with Crippen LogP contribution in [0.3, 0.4) is 0 Å². The maximum absolute atomic E-state index is 11.5. The Hall–Kier alpha value is -0.700. The van der Waals surface area contributed by atoms with Crippen LogP contribution in [0.15, 0.2) is 18.2 Å². The van der Waals surface area contributed by atoms with Gasteiger partial charge < -0.3 is 26.7 Å². The number of halogens is 2. The lowest BCUT2D eigenvalue weighted by atomic mass is 9.97. The van der Waals surface area contributed by atoms with Crippen molar-refractivity contribution >= 4 is 36.7 Å². The van der Waals surface area contributed by atoms with Gasteiger partial charge in [0, 0.05) is 13.5 Å². The Morgan fingerprint density at radius 3 is 2.27 bits per heavy atom. The van der Waals surface area contributed by atoms with Crippen molar-refractivity contribution in [3.05, 3.63) is 33.8 Å². The molecule has 0 aromatic heterocycles. The lowest BCUT2D eigenvalue weighted by Gasteiger charge is -2.33. The molecular weight excluding hydrogens is 356 g/mol.